The molecule has 0 aromatic heterocycles. The van der Waals surface area contributed by atoms with Crippen LogP contribution in [0.1, 0.15) is 30.1 Å². The number of methoxy groups -OCH3 is 1. The molecule has 7 nitrogen and oxygen atoms in total. The van der Waals surface area contributed by atoms with Crippen LogP contribution in [0.25, 0.3) is 0 Å². The minimum atomic E-state index is -0.916. The highest BCUT2D eigenvalue weighted by molar-refractivity contribution is 5.69. The molecule has 0 spiro atoms. The van der Waals surface area contributed by atoms with Gasteiger partial charge in [-0.3, -0.25) is 14.9 Å². The van der Waals surface area contributed by atoms with Crippen LogP contribution in [0.4, 0.5) is 5.69 Å². The number of nitrogens with zero attached hydrogens (tertiary/aromatic N) is 1. The molecule has 0 bridgehead atoms. The van der Waals surface area contributed by atoms with E-state index in [0.717, 1.165) is 5.56 Å². The second kappa shape index (κ2) is 9.65. The van der Waals surface area contributed by atoms with Crippen molar-refractivity contribution in [3.63, 3.8) is 0 Å². The first-order valence-electron chi connectivity index (χ1n) is 8.14. The lowest BCUT2D eigenvalue weighted by atomic mass is 10.0. The van der Waals surface area contributed by atoms with E-state index in [0.29, 0.717) is 12.2 Å². The molecule has 1 N–H and O–H groups in total. The van der Waals surface area contributed by atoms with Gasteiger partial charge in [0.15, 0.2) is 0 Å². The van der Waals surface area contributed by atoms with E-state index in [1.54, 1.807) is 0 Å². The molecule has 2 aromatic carbocycles. The molecule has 0 heterocycles. The summed E-state index contributed by atoms with van der Waals surface area (Å²) < 4.78 is 10.5. The van der Waals surface area contributed by atoms with E-state index in [4.69, 9.17) is 4.74 Å². The Kier molecular flexibility index (Phi) is 7.25. The Bertz CT molecular complexity index is 717. The van der Waals surface area contributed by atoms with Gasteiger partial charge in [0.1, 0.15) is 0 Å². The summed E-state index contributed by atoms with van der Waals surface area (Å²) in [6.45, 7) is 0.301. The highest BCUT2D eigenvalue weighted by atomic mass is 16.6. The molecule has 0 saturated carbocycles. The van der Waals surface area contributed by atoms with Crippen molar-refractivity contribution in [1.82, 2.24) is 0 Å². The lowest BCUT2D eigenvalue weighted by molar-refractivity contribution is -0.384. The van der Waals surface area contributed by atoms with Crippen LogP contribution >= 0.6 is 0 Å². The van der Waals surface area contributed by atoms with Gasteiger partial charge in [-0.25, -0.2) is 0 Å². The maximum Gasteiger partial charge on any atom is 0.308 e. The number of ether oxygens (including phenoxy) is 2. The van der Waals surface area contributed by atoms with Crippen LogP contribution in [0.15, 0.2) is 54.6 Å². The third kappa shape index (κ3) is 5.94. The van der Waals surface area contributed by atoms with Crippen molar-refractivity contribution in [3.05, 3.63) is 75.8 Å². The summed E-state index contributed by atoms with van der Waals surface area (Å²) in [7, 11) is 1.29. The van der Waals surface area contributed by atoms with Crippen molar-refractivity contribution in [2.45, 2.75) is 31.7 Å². The smallest absolute Gasteiger partial charge is 0.308 e. The van der Waals surface area contributed by atoms with Crippen LogP contribution in [-0.2, 0) is 20.9 Å². The molecular weight excluding hydrogens is 338 g/mol. The zero-order valence-electron chi connectivity index (χ0n) is 14.4. The fraction of sp³-hybridized carbons (Fsp3) is 0.316. The number of aliphatic hydroxyl groups is 1. The van der Waals surface area contributed by atoms with E-state index in [-0.39, 0.29) is 18.5 Å². The quantitative estimate of drug-likeness (QED) is 0.419. The molecular formula is C19H21NO6. The average molecular weight is 359 g/mol. The standard InChI is InChI=1S/C19H21NO6/c1-25-19(22)12-17(26-13-14-5-3-2-4-6-14)11-18(21)15-7-9-16(10-8-15)20(23)24/h2-10,17-18,21H,11-13H2,1H3. The normalized spacial score (nSPS) is 13.0. The van der Waals surface area contributed by atoms with Gasteiger partial charge in [-0.1, -0.05) is 30.3 Å². The lowest BCUT2D eigenvalue weighted by Crippen LogP contribution is -2.21. The number of nitro benzene ring substituents is 1. The Hall–Kier alpha value is -2.77. The number of esters is 1. The fourth-order valence-electron chi connectivity index (χ4n) is 2.47. The summed E-state index contributed by atoms with van der Waals surface area (Å²) in [6.07, 6.45) is -1.29. The fourth-order valence-corrected chi connectivity index (χ4v) is 2.47. The third-order valence-electron chi connectivity index (χ3n) is 3.93. The predicted molar refractivity (Wildman–Crippen MR) is 94.3 cm³/mol. The molecule has 2 atom stereocenters. The Morgan fingerprint density at radius 3 is 2.38 bits per heavy atom. The number of carbonyl (C=O) groups excluding carboxylic acids is 1. The first kappa shape index (κ1) is 19.6. The maximum absolute atomic E-state index is 11.6. The monoisotopic (exact) mass is 359 g/mol. The number of hydrogen-bond acceptors (Lipinski definition) is 6. The van der Waals surface area contributed by atoms with Crippen molar-refractivity contribution >= 4 is 11.7 Å². The number of nitro groups is 1. The molecule has 0 saturated heterocycles. The number of rotatable bonds is 9. The maximum atomic E-state index is 11.6. The summed E-state index contributed by atoms with van der Waals surface area (Å²) in [5.74, 6) is -0.432. The highest BCUT2D eigenvalue weighted by Crippen LogP contribution is 2.24. The van der Waals surface area contributed by atoms with Gasteiger partial charge in [0.05, 0.1) is 37.3 Å². The number of carbonyl (C=O) groups is 1. The minimum Gasteiger partial charge on any atom is -0.469 e. The lowest BCUT2D eigenvalue weighted by Gasteiger charge is -2.20. The summed E-state index contributed by atoms with van der Waals surface area (Å²) in [6, 6.07) is 15.1. The van der Waals surface area contributed by atoms with E-state index < -0.39 is 23.1 Å². The van der Waals surface area contributed by atoms with Gasteiger partial charge in [-0.2, -0.15) is 0 Å². The van der Waals surface area contributed by atoms with Gasteiger partial charge in [-0.15, -0.1) is 0 Å². The molecule has 0 aliphatic carbocycles. The molecule has 138 valence electrons. The van der Waals surface area contributed by atoms with Gasteiger partial charge < -0.3 is 14.6 Å². The molecule has 7 heteroatoms. The molecule has 2 rings (SSSR count). The molecule has 0 fully saturated rings. The van der Waals surface area contributed by atoms with Crippen LogP contribution < -0.4 is 0 Å². The summed E-state index contributed by atoms with van der Waals surface area (Å²) in [4.78, 5) is 21.8. The molecule has 0 aliphatic heterocycles. The SMILES string of the molecule is COC(=O)CC(CC(O)c1ccc([N+](=O)[O-])cc1)OCc1ccccc1. The van der Waals surface area contributed by atoms with E-state index >= 15 is 0 Å². The molecule has 2 unspecified atom stereocenters. The second-order valence-corrected chi connectivity index (χ2v) is 5.80. The molecule has 0 radical (unpaired) electrons. The summed E-state index contributed by atoms with van der Waals surface area (Å²) in [5.41, 5.74) is 1.42. The number of hydrogen-bond donors (Lipinski definition) is 1. The van der Waals surface area contributed by atoms with Crippen LogP contribution in [0.3, 0.4) is 0 Å². The molecule has 26 heavy (non-hydrogen) atoms. The molecule has 0 aliphatic rings. The Labute approximate surface area is 151 Å². The largest absolute Gasteiger partial charge is 0.469 e. The second-order valence-electron chi connectivity index (χ2n) is 5.80. The van der Waals surface area contributed by atoms with Crippen LogP contribution in [0.5, 0.6) is 0 Å². The van der Waals surface area contributed by atoms with Crippen molar-refractivity contribution in [3.8, 4) is 0 Å². The molecule has 0 amide bonds. The van der Waals surface area contributed by atoms with Crippen LogP contribution in [-0.4, -0.2) is 29.2 Å². The third-order valence-corrected chi connectivity index (χ3v) is 3.93. The number of non-ortho nitro benzene ring substituents is 1. The van der Waals surface area contributed by atoms with E-state index in [1.165, 1.54) is 31.4 Å². The highest BCUT2D eigenvalue weighted by Gasteiger charge is 2.21. The van der Waals surface area contributed by atoms with Gasteiger partial charge in [0, 0.05) is 18.6 Å². The topological polar surface area (TPSA) is 98.9 Å². The van der Waals surface area contributed by atoms with E-state index in [2.05, 4.69) is 4.74 Å². The minimum absolute atomic E-state index is 0.00732. The Morgan fingerprint density at radius 1 is 1.15 bits per heavy atom. The predicted octanol–water partition coefficient (Wildman–Crippen LogP) is 3.17. The molecule has 2 aromatic rings. The zero-order chi connectivity index (χ0) is 18.9. The van der Waals surface area contributed by atoms with E-state index in [9.17, 15) is 20.0 Å². The van der Waals surface area contributed by atoms with Crippen molar-refractivity contribution in [1.29, 1.82) is 0 Å². The van der Waals surface area contributed by atoms with Gasteiger partial charge in [0.25, 0.3) is 5.69 Å². The zero-order valence-corrected chi connectivity index (χ0v) is 14.4. The van der Waals surface area contributed by atoms with Crippen molar-refractivity contribution in [2.24, 2.45) is 0 Å². The van der Waals surface area contributed by atoms with Crippen molar-refractivity contribution in [2.75, 3.05) is 7.11 Å². The van der Waals surface area contributed by atoms with Crippen LogP contribution in [0, 0.1) is 10.1 Å². The van der Waals surface area contributed by atoms with Crippen LogP contribution in [0.2, 0.25) is 0 Å². The first-order chi connectivity index (χ1) is 12.5. The van der Waals surface area contributed by atoms with Crippen molar-refractivity contribution < 1.29 is 24.3 Å². The Balaban J connectivity index is 2.01. The van der Waals surface area contributed by atoms with Gasteiger partial charge >= 0.3 is 5.97 Å². The number of aliphatic hydroxyl groups excluding tert-OH is 1. The van der Waals surface area contributed by atoms with Gasteiger partial charge in [-0.05, 0) is 23.3 Å². The van der Waals surface area contributed by atoms with E-state index in [1.807, 2.05) is 30.3 Å². The first-order valence-corrected chi connectivity index (χ1v) is 8.14. The van der Waals surface area contributed by atoms with Gasteiger partial charge in [0.2, 0.25) is 0 Å². The number of benzene rings is 2. The summed E-state index contributed by atoms with van der Waals surface area (Å²) in [5, 5.41) is 21.1. The Morgan fingerprint density at radius 2 is 1.81 bits per heavy atom. The summed E-state index contributed by atoms with van der Waals surface area (Å²) >= 11 is 0. The average Bonchev–Trinajstić information content (AvgIpc) is 2.66.